The first-order chi connectivity index (χ1) is 9.85. The van der Waals surface area contributed by atoms with Crippen molar-refractivity contribution in [3.63, 3.8) is 0 Å². The number of anilines is 1. The van der Waals surface area contributed by atoms with Gasteiger partial charge in [-0.05, 0) is 45.7 Å². The van der Waals surface area contributed by atoms with E-state index >= 15 is 0 Å². The van der Waals surface area contributed by atoms with E-state index in [-0.39, 0.29) is 12.1 Å². The Morgan fingerprint density at radius 1 is 1.48 bits per heavy atom. The van der Waals surface area contributed by atoms with Crippen LogP contribution in [0.25, 0.3) is 0 Å². The van der Waals surface area contributed by atoms with Crippen molar-refractivity contribution in [3.8, 4) is 0 Å². The summed E-state index contributed by atoms with van der Waals surface area (Å²) in [6.07, 6.45) is 1.68. The van der Waals surface area contributed by atoms with Crippen LogP contribution in [0.1, 0.15) is 33.6 Å². The lowest BCUT2D eigenvalue weighted by Gasteiger charge is -2.28. The second kappa shape index (κ2) is 6.47. The third kappa shape index (κ3) is 4.74. The van der Waals surface area contributed by atoms with Gasteiger partial charge in [-0.25, -0.2) is 4.79 Å². The summed E-state index contributed by atoms with van der Waals surface area (Å²) >= 11 is 5.69. The molecule has 21 heavy (non-hydrogen) atoms. The summed E-state index contributed by atoms with van der Waals surface area (Å²) in [5, 5.41) is 11.3. The van der Waals surface area contributed by atoms with Crippen molar-refractivity contribution in [2.75, 3.05) is 18.4 Å². The number of nitrogens with zero attached hydrogens (tertiary/aromatic N) is 3. The third-order valence-corrected chi connectivity index (χ3v) is 3.36. The summed E-state index contributed by atoms with van der Waals surface area (Å²) in [5.41, 5.74) is -0.473. The van der Waals surface area contributed by atoms with Crippen LogP contribution in [0.4, 0.5) is 10.6 Å². The van der Waals surface area contributed by atoms with E-state index in [2.05, 4.69) is 15.5 Å². The standard InChI is InChI=1S/C14H21ClN4O2/c1-14(2,3)21-13(20)19-8-4-5-10(19)9-16-12-7-6-11(15)17-18-12/h6-7,10H,4-5,8-9H2,1-3H3,(H,16,18)/t10-/m0/s1. The molecule has 0 aliphatic carbocycles. The Bertz CT molecular complexity index is 487. The molecule has 0 unspecified atom stereocenters. The van der Waals surface area contributed by atoms with Crippen molar-refractivity contribution in [1.29, 1.82) is 0 Å². The molecular formula is C14H21ClN4O2. The second-order valence-corrected chi connectivity index (χ2v) is 6.48. The van der Waals surface area contributed by atoms with E-state index in [4.69, 9.17) is 16.3 Å². The van der Waals surface area contributed by atoms with Crippen LogP contribution in [-0.4, -0.2) is 45.9 Å². The van der Waals surface area contributed by atoms with Crippen LogP contribution >= 0.6 is 11.6 Å². The molecule has 6 nitrogen and oxygen atoms in total. The van der Waals surface area contributed by atoms with Crippen molar-refractivity contribution < 1.29 is 9.53 Å². The SMILES string of the molecule is CC(C)(C)OC(=O)N1CCC[C@H]1CNc1ccc(Cl)nn1. The fourth-order valence-electron chi connectivity index (χ4n) is 2.24. The number of aromatic nitrogens is 2. The number of hydrogen-bond donors (Lipinski definition) is 1. The summed E-state index contributed by atoms with van der Waals surface area (Å²) in [4.78, 5) is 13.9. The molecule has 0 aromatic carbocycles. The van der Waals surface area contributed by atoms with Crippen molar-refractivity contribution in [3.05, 3.63) is 17.3 Å². The van der Waals surface area contributed by atoms with Gasteiger partial charge < -0.3 is 15.0 Å². The molecule has 0 saturated carbocycles. The number of nitrogens with one attached hydrogen (secondary N) is 1. The predicted molar refractivity (Wildman–Crippen MR) is 81.5 cm³/mol. The normalized spacial score (nSPS) is 18.7. The first kappa shape index (κ1) is 15.8. The number of carbonyl (C=O) groups excluding carboxylic acids is 1. The zero-order chi connectivity index (χ0) is 15.5. The molecule has 1 aromatic heterocycles. The van der Waals surface area contributed by atoms with E-state index < -0.39 is 5.60 Å². The van der Waals surface area contributed by atoms with E-state index in [1.54, 1.807) is 17.0 Å². The van der Waals surface area contributed by atoms with Crippen LogP contribution in [0, 0.1) is 0 Å². The van der Waals surface area contributed by atoms with E-state index in [1.807, 2.05) is 20.8 Å². The molecule has 1 fully saturated rings. The summed E-state index contributed by atoms with van der Waals surface area (Å²) in [6, 6.07) is 3.55. The molecule has 2 rings (SSSR count). The predicted octanol–water partition coefficient (Wildman–Crippen LogP) is 2.94. The summed E-state index contributed by atoms with van der Waals surface area (Å²) < 4.78 is 5.43. The monoisotopic (exact) mass is 312 g/mol. The average Bonchev–Trinajstić information content (AvgIpc) is 2.84. The van der Waals surface area contributed by atoms with Gasteiger partial charge in [0.25, 0.3) is 0 Å². The molecule has 1 aliphatic heterocycles. The molecule has 1 saturated heterocycles. The number of likely N-dealkylation sites (tertiary alicyclic amines) is 1. The summed E-state index contributed by atoms with van der Waals surface area (Å²) in [7, 11) is 0. The van der Waals surface area contributed by atoms with Crippen LogP contribution < -0.4 is 5.32 Å². The first-order valence-corrected chi connectivity index (χ1v) is 7.46. The van der Waals surface area contributed by atoms with Crippen LogP contribution in [0.2, 0.25) is 5.15 Å². The van der Waals surface area contributed by atoms with E-state index in [0.717, 1.165) is 19.4 Å². The van der Waals surface area contributed by atoms with Gasteiger partial charge in [-0.1, -0.05) is 11.6 Å². The zero-order valence-corrected chi connectivity index (χ0v) is 13.4. The molecular weight excluding hydrogens is 292 g/mol. The summed E-state index contributed by atoms with van der Waals surface area (Å²) in [5.74, 6) is 0.649. The Kier molecular flexibility index (Phi) is 4.88. The van der Waals surface area contributed by atoms with E-state index in [0.29, 0.717) is 17.5 Å². The second-order valence-electron chi connectivity index (χ2n) is 6.09. The number of amides is 1. The Balaban J connectivity index is 1.90. The first-order valence-electron chi connectivity index (χ1n) is 7.08. The molecule has 116 valence electrons. The van der Waals surface area contributed by atoms with Gasteiger partial charge in [0.2, 0.25) is 0 Å². The minimum Gasteiger partial charge on any atom is -0.444 e. The Hall–Kier alpha value is -1.56. The Morgan fingerprint density at radius 2 is 2.24 bits per heavy atom. The fourth-order valence-corrected chi connectivity index (χ4v) is 2.34. The van der Waals surface area contributed by atoms with Crippen LogP contribution in [-0.2, 0) is 4.74 Å². The highest BCUT2D eigenvalue weighted by molar-refractivity contribution is 6.29. The van der Waals surface area contributed by atoms with Crippen LogP contribution in [0.15, 0.2) is 12.1 Å². The molecule has 0 spiro atoms. The average molecular weight is 313 g/mol. The van der Waals surface area contributed by atoms with Crippen LogP contribution in [0.3, 0.4) is 0 Å². The number of rotatable bonds is 3. The lowest BCUT2D eigenvalue weighted by atomic mass is 10.2. The highest BCUT2D eigenvalue weighted by Gasteiger charge is 2.31. The molecule has 0 bridgehead atoms. The van der Waals surface area contributed by atoms with Crippen molar-refractivity contribution in [2.24, 2.45) is 0 Å². The van der Waals surface area contributed by atoms with E-state index in [1.165, 1.54) is 0 Å². The van der Waals surface area contributed by atoms with Gasteiger partial charge in [-0.15, -0.1) is 10.2 Å². The Morgan fingerprint density at radius 3 is 2.86 bits per heavy atom. The minimum atomic E-state index is -0.473. The van der Waals surface area contributed by atoms with Gasteiger partial charge in [-0.3, -0.25) is 0 Å². The Labute approximate surface area is 129 Å². The van der Waals surface area contributed by atoms with Crippen molar-refractivity contribution in [1.82, 2.24) is 15.1 Å². The molecule has 1 N–H and O–H groups in total. The fraction of sp³-hybridized carbons (Fsp3) is 0.643. The smallest absolute Gasteiger partial charge is 0.410 e. The highest BCUT2D eigenvalue weighted by atomic mass is 35.5. The number of carbonyl (C=O) groups is 1. The lowest BCUT2D eigenvalue weighted by molar-refractivity contribution is 0.0235. The molecule has 1 aromatic rings. The van der Waals surface area contributed by atoms with Crippen molar-refractivity contribution in [2.45, 2.75) is 45.3 Å². The van der Waals surface area contributed by atoms with Crippen molar-refractivity contribution >= 4 is 23.5 Å². The number of hydrogen-bond acceptors (Lipinski definition) is 5. The van der Waals surface area contributed by atoms with Gasteiger partial charge in [0.1, 0.15) is 11.4 Å². The molecule has 1 atom stereocenters. The maximum absolute atomic E-state index is 12.2. The number of ether oxygens (including phenoxy) is 1. The lowest BCUT2D eigenvalue weighted by Crippen LogP contribution is -2.42. The molecule has 1 amide bonds. The highest BCUT2D eigenvalue weighted by Crippen LogP contribution is 2.21. The van der Waals surface area contributed by atoms with Gasteiger partial charge >= 0.3 is 6.09 Å². The topological polar surface area (TPSA) is 67.3 Å². The third-order valence-electron chi connectivity index (χ3n) is 3.16. The molecule has 7 heteroatoms. The van der Waals surface area contributed by atoms with E-state index in [9.17, 15) is 4.79 Å². The van der Waals surface area contributed by atoms with Gasteiger partial charge in [0.15, 0.2) is 5.15 Å². The molecule has 2 heterocycles. The van der Waals surface area contributed by atoms with Gasteiger partial charge in [0.05, 0.1) is 6.04 Å². The van der Waals surface area contributed by atoms with Crippen LogP contribution in [0.5, 0.6) is 0 Å². The van der Waals surface area contributed by atoms with Gasteiger partial charge in [-0.2, -0.15) is 0 Å². The minimum absolute atomic E-state index is 0.109. The quantitative estimate of drug-likeness (QED) is 0.929. The molecule has 0 radical (unpaired) electrons. The largest absolute Gasteiger partial charge is 0.444 e. The number of halogens is 1. The van der Waals surface area contributed by atoms with Gasteiger partial charge in [0, 0.05) is 13.1 Å². The maximum Gasteiger partial charge on any atom is 0.410 e. The summed E-state index contributed by atoms with van der Waals surface area (Å²) in [6.45, 7) is 6.97. The molecule has 1 aliphatic rings. The zero-order valence-electron chi connectivity index (χ0n) is 12.6. The maximum atomic E-state index is 12.2.